The number of nitrogens with zero attached hydrogens (tertiary/aromatic N) is 2. The maximum Gasteiger partial charge on any atom is 0.326 e. The van der Waals surface area contributed by atoms with E-state index >= 15 is 0 Å². The second-order valence-electron chi connectivity index (χ2n) is 3.44. The van der Waals surface area contributed by atoms with Gasteiger partial charge in [0.15, 0.2) is 0 Å². The molecule has 118 valence electrons. The van der Waals surface area contributed by atoms with Gasteiger partial charge in [0, 0.05) is 120 Å². The summed E-state index contributed by atoms with van der Waals surface area (Å²) >= 11 is 0. The summed E-state index contributed by atoms with van der Waals surface area (Å²) in [4.78, 5) is 61.4. The molecule has 0 atom stereocenters. The van der Waals surface area contributed by atoms with E-state index in [2.05, 4.69) is 19.4 Å². The average molecular weight is 363 g/mol. The smallest absolute Gasteiger partial charge is 0.326 e. The second kappa shape index (κ2) is 17.4. The third-order valence-corrected chi connectivity index (χ3v) is 1.39. The predicted molar refractivity (Wildman–Crippen MR) is 77.7 cm³/mol. The van der Waals surface area contributed by atoms with Crippen LogP contribution in [0.15, 0.2) is 0 Å². The van der Waals surface area contributed by atoms with Crippen molar-refractivity contribution in [3.63, 3.8) is 0 Å². The second-order valence-corrected chi connectivity index (χ2v) is 3.44. The first-order valence-electron chi connectivity index (χ1n) is 5.50. The van der Waals surface area contributed by atoms with Crippen molar-refractivity contribution >= 4 is 106 Å². The van der Waals surface area contributed by atoms with Crippen molar-refractivity contribution < 1.29 is 38.5 Å². The van der Waals surface area contributed by atoms with E-state index in [1.165, 1.54) is 0 Å². The van der Waals surface area contributed by atoms with E-state index in [0.717, 1.165) is 27.7 Å². The fraction of sp³-hybridized carbons (Fsp3) is 0.600. The van der Waals surface area contributed by atoms with Crippen LogP contribution < -0.4 is 0 Å². The minimum atomic E-state index is -0.724. The fourth-order valence-electron chi connectivity index (χ4n) is 0.957. The van der Waals surface area contributed by atoms with E-state index in [4.69, 9.17) is 0 Å². The van der Waals surface area contributed by atoms with E-state index in [1.54, 1.807) is 0 Å². The van der Waals surface area contributed by atoms with Crippen molar-refractivity contribution in [2.45, 2.75) is 27.7 Å². The first kappa shape index (κ1) is 31.3. The largest absolute Gasteiger partial charge is 0.333 e. The van der Waals surface area contributed by atoms with Gasteiger partial charge in [-0.3, -0.25) is 19.2 Å². The summed E-state index contributed by atoms with van der Waals surface area (Å²) in [5, 5.41) is 1.15. The molecule has 13 heteroatoms. The molecule has 0 aromatic rings. The van der Waals surface area contributed by atoms with Crippen molar-refractivity contribution in [3.8, 4) is 0 Å². The van der Waals surface area contributed by atoms with Crippen LogP contribution in [0.2, 0.25) is 0 Å². The van der Waals surface area contributed by atoms with Crippen LogP contribution in [0.4, 0.5) is 0 Å². The van der Waals surface area contributed by atoms with Crippen LogP contribution in [-0.2, 0) is 38.5 Å². The summed E-state index contributed by atoms with van der Waals surface area (Å²) in [6, 6.07) is 0. The Morgan fingerprint density at radius 1 is 0.609 bits per heavy atom. The van der Waals surface area contributed by atoms with Gasteiger partial charge in [-0.1, -0.05) is 0 Å². The van der Waals surface area contributed by atoms with Gasteiger partial charge in [-0.2, -0.15) is 0 Å². The van der Waals surface area contributed by atoms with Crippen LogP contribution >= 0.6 is 0 Å². The van der Waals surface area contributed by atoms with Crippen molar-refractivity contribution in [1.82, 2.24) is 10.5 Å². The molecule has 0 fully saturated rings. The van der Waals surface area contributed by atoms with Crippen LogP contribution in [0.3, 0.4) is 0 Å². The Bertz CT molecular complexity index is 331. The topological polar surface area (TPSA) is 112 Å². The molecule has 4 radical (unpaired) electrons. The number of carbonyl (C=O) groups excluding carboxylic acids is 4. The molecule has 0 aromatic carbocycles. The average Bonchev–Trinajstić information content (AvgIpc) is 2.22. The maximum atomic E-state index is 10.8. The zero-order valence-corrected chi connectivity index (χ0v) is 19.7. The van der Waals surface area contributed by atoms with E-state index < -0.39 is 23.9 Å². The molecule has 0 rings (SSSR count). The van der Waals surface area contributed by atoms with Crippen LogP contribution in [0.5, 0.6) is 0 Å². The minimum absolute atomic E-state index is 0. The quantitative estimate of drug-likeness (QED) is 0.386. The molecule has 0 aromatic heterocycles. The molecule has 0 bridgehead atoms. The maximum absolute atomic E-state index is 10.8. The Morgan fingerprint density at radius 3 is 0.913 bits per heavy atom. The van der Waals surface area contributed by atoms with Gasteiger partial charge in [-0.15, -0.1) is 0 Å². The summed E-state index contributed by atoms with van der Waals surface area (Å²) < 4.78 is 0. The third kappa shape index (κ3) is 20.5. The molecule has 0 aliphatic heterocycles. The van der Waals surface area contributed by atoms with Gasteiger partial charge >= 0.3 is 23.9 Å². The van der Waals surface area contributed by atoms with Gasteiger partial charge in [0.2, 0.25) is 0 Å². The fourth-order valence-corrected chi connectivity index (χ4v) is 0.957. The molecule has 0 heterocycles. The van der Waals surface area contributed by atoms with Crippen molar-refractivity contribution in [2.75, 3.05) is 13.1 Å². The molecule has 0 N–H and O–H groups in total. The van der Waals surface area contributed by atoms with Crippen LogP contribution in [0.1, 0.15) is 27.7 Å². The Labute approximate surface area is 194 Å². The molecule has 0 aliphatic rings. The monoisotopic (exact) mass is 362 g/mol. The number of carbonyl (C=O) groups is 4. The standard InChI is InChI=1S/C10H16N2O8.Mg.2Na/c1-7(13)17-11(18-8(2)14)5-6-12(19-9(3)15)20-10(4)16;;;/h5-6H2,1-4H3;;;. The van der Waals surface area contributed by atoms with E-state index in [0.29, 0.717) is 10.5 Å². The van der Waals surface area contributed by atoms with Crippen molar-refractivity contribution in [2.24, 2.45) is 0 Å². The van der Waals surface area contributed by atoms with Gasteiger partial charge < -0.3 is 19.4 Å². The molecule has 0 amide bonds. The Kier molecular flexibility index (Phi) is 23.7. The van der Waals surface area contributed by atoms with E-state index in [1.807, 2.05) is 0 Å². The molecule has 10 nitrogen and oxygen atoms in total. The van der Waals surface area contributed by atoms with Gasteiger partial charge in [-0.25, -0.2) is 0 Å². The van der Waals surface area contributed by atoms with Gasteiger partial charge in [0.1, 0.15) is 0 Å². The minimum Gasteiger partial charge on any atom is -0.333 e. The Morgan fingerprint density at radius 2 is 0.783 bits per heavy atom. The predicted octanol–water partition coefficient (Wildman–Crippen LogP) is -1.64. The van der Waals surface area contributed by atoms with Gasteiger partial charge in [0.05, 0.1) is 13.1 Å². The zero-order valence-electron chi connectivity index (χ0n) is 14.3. The molecule has 0 saturated heterocycles. The van der Waals surface area contributed by atoms with Crippen LogP contribution in [0, 0.1) is 0 Å². The summed E-state index contributed by atoms with van der Waals surface area (Å²) in [6.07, 6.45) is 0. The number of hydrogen-bond donors (Lipinski definition) is 0. The van der Waals surface area contributed by atoms with Gasteiger partial charge in [0.25, 0.3) is 0 Å². The summed E-state index contributed by atoms with van der Waals surface area (Å²) in [7, 11) is 0. The first-order chi connectivity index (χ1) is 9.20. The molecule has 0 saturated carbocycles. The Balaban J connectivity index is -0.000000602. The third-order valence-electron chi connectivity index (χ3n) is 1.39. The number of rotatable bonds is 7. The molecule has 0 aliphatic carbocycles. The summed E-state index contributed by atoms with van der Waals surface area (Å²) in [6.45, 7) is 3.97. The van der Waals surface area contributed by atoms with E-state index in [-0.39, 0.29) is 95.3 Å². The molecule has 0 unspecified atom stereocenters. The molecule has 23 heavy (non-hydrogen) atoms. The van der Waals surface area contributed by atoms with Crippen LogP contribution in [0.25, 0.3) is 0 Å². The van der Waals surface area contributed by atoms with Crippen LogP contribution in [-0.4, -0.2) is 130 Å². The SMILES string of the molecule is CC(=O)ON(CCN(OC(C)=O)OC(C)=O)OC(C)=O.[Mg].[Na].[Na]. The van der Waals surface area contributed by atoms with E-state index in [9.17, 15) is 19.2 Å². The molecular weight excluding hydrogens is 346 g/mol. The summed E-state index contributed by atoms with van der Waals surface area (Å²) in [5.41, 5.74) is 0. The Hall–Kier alpha value is 0.566. The summed E-state index contributed by atoms with van der Waals surface area (Å²) in [5.74, 6) is -2.90. The molecular formula is C10H16MgN2Na2O8. The normalized spacial score (nSPS) is 8.78. The number of hydrogen-bond acceptors (Lipinski definition) is 10. The van der Waals surface area contributed by atoms with Gasteiger partial charge in [-0.05, 0) is 0 Å². The van der Waals surface area contributed by atoms with Crippen molar-refractivity contribution in [1.29, 1.82) is 0 Å². The van der Waals surface area contributed by atoms with Crippen molar-refractivity contribution in [3.05, 3.63) is 0 Å². The zero-order chi connectivity index (χ0) is 15.7. The molecule has 0 spiro atoms. The number of hydroxylamine groups is 4. The first-order valence-corrected chi connectivity index (χ1v) is 5.50.